The van der Waals surface area contributed by atoms with E-state index >= 15 is 0 Å². The Bertz CT molecular complexity index is 973. The maximum absolute atomic E-state index is 4.76. The van der Waals surface area contributed by atoms with Crippen molar-refractivity contribution in [3.63, 3.8) is 0 Å². The molecule has 0 bridgehead atoms. The highest BCUT2D eigenvalue weighted by Gasteiger charge is 2.12. The molecule has 0 aliphatic rings. The van der Waals surface area contributed by atoms with Crippen LogP contribution in [0.3, 0.4) is 0 Å². The van der Waals surface area contributed by atoms with E-state index in [4.69, 9.17) is 15.0 Å². The summed E-state index contributed by atoms with van der Waals surface area (Å²) in [5.41, 5.74) is 5.38. The molecule has 0 atom stereocenters. The Hall–Kier alpha value is -3.20. The van der Waals surface area contributed by atoms with E-state index in [0.717, 1.165) is 16.7 Å². The van der Waals surface area contributed by atoms with E-state index in [-0.39, 0.29) is 0 Å². The van der Waals surface area contributed by atoms with Gasteiger partial charge in [-0.1, -0.05) is 89.8 Å². The summed E-state index contributed by atoms with van der Waals surface area (Å²) in [7, 11) is 4.18. The Kier molecular flexibility index (Phi) is 4.36. The maximum Gasteiger partial charge on any atom is 0.164 e. The van der Waals surface area contributed by atoms with Crippen molar-refractivity contribution in [3.05, 3.63) is 78.9 Å². The van der Waals surface area contributed by atoms with Gasteiger partial charge in [-0.25, -0.2) is 15.0 Å². The van der Waals surface area contributed by atoms with Crippen LogP contribution in [0.4, 0.5) is 0 Å². The molecular formula is C21H17B2N3. The molecule has 0 spiro atoms. The van der Waals surface area contributed by atoms with Crippen molar-refractivity contribution in [2.75, 3.05) is 0 Å². The lowest BCUT2D eigenvalue weighted by atomic mass is 9.85. The lowest BCUT2D eigenvalue weighted by Crippen LogP contribution is -2.14. The minimum absolute atomic E-state index is 0.689. The van der Waals surface area contributed by atoms with Crippen molar-refractivity contribution >= 4 is 26.6 Å². The molecule has 0 saturated carbocycles. The van der Waals surface area contributed by atoms with Crippen LogP contribution in [0.5, 0.6) is 0 Å². The first kappa shape index (κ1) is 16.3. The van der Waals surface area contributed by atoms with Crippen LogP contribution in [-0.4, -0.2) is 30.6 Å². The minimum atomic E-state index is 0.689. The van der Waals surface area contributed by atoms with Crippen LogP contribution in [-0.2, 0) is 0 Å². The van der Waals surface area contributed by atoms with Gasteiger partial charge in [-0.3, -0.25) is 0 Å². The summed E-state index contributed by atoms with van der Waals surface area (Å²) in [5.74, 6) is 2.08. The molecule has 0 N–H and O–H groups in total. The standard InChI is InChI=1S/C21H17B2N3/c22-17-11-16(12-18(23)13-17)21-25-19(14-7-3-1-4-8-14)24-20(26-21)15-9-5-2-6-10-15/h1-13H,22-23H2. The quantitative estimate of drug-likeness (QED) is 0.532. The van der Waals surface area contributed by atoms with Gasteiger partial charge >= 0.3 is 0 Å². The first-order chi connectivity index (χ1) is 12.7. The molecule has 1 aromatic heterocycles. The maximum atomic E-state index is 4.76. The van der Waals surface area contributed by atoms with Gasteiger partial charge in [-0.15, -0.1) is 0 Å². The third kappa shape index (κ3) is 3.42. The van der Waals surface area contributed by atoms with Gasteiger partial charge in [0, 0.05) is 16.7 Å². The third-order valence-electron chi connectivity index (χ3n) is 4.18. The molecule has 5 heteroatoms. The first-order valence-corrected chi connectivity index (χ1v) is 8.65. The number of rotatable bonds is 3. The van der Waals surface area contributed by atoms with Gasteiger partial charge in [0.05, 0.1) is 0 Å². The number of hydrogen-bond donors (Lipinski definition) is 0. The van der Waals surface area contributed by atoms with E-state index in [1.165, 1.54) is 10.9 Å². The van der Waals surface area contributed by atoms with Gasteiger partial charge in [-0.05, 0) is 0 Å². The molecule has 0 unspecified atom stereocenters. The first-order valence-electron chi connectivity index (χ1n) is 8.65. The van der Waals surface area contributed by atoms with Crippen molar-refractivity contribution in [2.45, 2.75) is 0 Å². The van der Waals surface area contributed by atoms with Gasteiger partial charge in [0.2, 0.25) is 0 Å². The fraction of sp³-hybridized carbons (Fsp3) is 0. The molecule has 0 amide bonds. The van der Waals surface area contributed by atoms with Crippen LogP contribution < -0.4 is 10.9 Å². The van der Waals surface area contributed by atoms with Crippen LogP contribution >= 0.6 is 0 Å². The number of nitrogens with zero attached hydrogens (tertiary/aromatic N) is 3. The summed E-state index contributed by atoms with van der Waals surface area (Å²) in [6, 6.07) is 26.5. The lowest BCUT2D eigenvalue weighted by molar-refractivity contribution is 1.07. The van der Waals surface area contributed by atoms with Gasteiger partial charge in [0.1, 0.15) is 15.7 Å². The van der Waals surface area contributed by atoms with Crippen LogP contribution in [0.1, 0.15) is 0 Å². The Balaban J connectivity index is 1.93. The highest BCUT2D eigenvalue weighted by molar-refractivity contribution is 6.38. The molecule has 26 heavy (non-hydrogen) atoms. The molecule has 1 heterocycles. The van der Waals surface area contributed by atoms with E-state index in [0.29, 0.717) is 17.5 Å². The minimum Gasteiger partial charge on any atom is -0.208 e. The number of hydrogen-bond acceptors (Lipinski definition) is 3. The molecule has 0 fully saturated rings. The Labute approximate surface area is 155 Å². The van der Waals surface area contributed by atoms with Crippen molar-refractivity contribution < 1.29 is 0 Å². The largest absolute Gasteiger partial charge is 0.208 e. The molecule has 3 aromatic carbocycles. The van der Waals surface area contributed by atoms with Gasteiger partial charge in [-0.2, -0.15) is 0 Å². The van der Waals surface area contributed by atoms with E-state index in [1.807, 2.05) is 60.7 Å². The topological polar surface area (TPSA) is 38.7 Å². The van der Waals surface area contributed by atoms with Gasteiger partial charge < -0.3 is 0 Å². The number of benzene rings is 3. The Morgan fingerprint density at radius 1 is 0.462 bits per heavy atom. The molecule has 0 radical (unpaired) electrons. The van der Waals surface area contributed by atoms with E-state index in [1.54, 1.807) is 0 Å². The zero-order valence-corrected chi connectivity index (χ0v) is 14.8. The third-order valence-corrected chi connectivity index (χ3v) is 4.18. The van der Waals surface area contributed by atoms with Crippen LogP contribution in [0, 0.1) is 0 Å². The van der Waals surface area contributed by atoms with Crippen molar-refractivity contribution in [2.24, 2.45) is 0 Å². The van der Waals surface area contributed by atoms with Crippen molar-refractivity contribution in [3.8, 4) is 34.2 Å². The smallest absolute Gasteiger partial charge is 0.164 e. The molecule has 4 aromatic rings. The molecule has 0 aliphatic heterocycles. The highest BCUT2D eigenvalue weighted by Crippen LogP contribution is 2.23. The molecule has 122 valence electrons. The Morgan fingerprint density at radius 2 is 0.846 bits per heavy atom. The fourth-order valence-electron chi connectivity index (χ4n) is 3.04. The SMILES string of the molecule is Bc1cc(B)cc(-c2nc(-c3ccccc3)nc(-c3ccccc3)n2)c1. The van der Waals surface area contributed by atoms with Crippen molar-refractivity contribution in [1.29, 1.82) is 0 Å². The van der Waals surface area contributed by atoms with Gasteiger partial charge in [0.15, 0.2) is 17.5 Å². The lowest BCUT2D eigenvalue weighted by Gasteiger charge is -2.09. The summed E-state index contributed by atoms with van der Waals surface area (Å²) in [6.07, 6.45) is 0. The van der Waals surface area contributed by atoms with E-state index in [9.17, 15) is 0 Å². The average molecular weight is 333 g/mol. The Morgan fingerprint density at radius 3 is 1.27 bits per heavy atom. The molecule has 0 aliphatic carbocycles. The van der Waals surface area contributed by atoms with E-state index < -0.39 is 0 Å². The summed E-state index contributed by atoms with van der Waals surface area (Å²) < 4.78 is 0. The molecule has 0 saturated heterocycles. The molecule has 3 nitrogen and oxygen atoms in total. The van der Waals surface area contributed by atoms with Gasteiger partial charge in [0.25, 0.3) is 0 Å². The van der Waals surface area contributed by atoms with Crippen molar-refractivity contribution in [1.82, 2.24) is 15.0 Å². The predicted molar refractivity (Wildman–Crippen MR) is 112 cm³/mol. The summed E-state index contributed by atoms with van der Waals surface area (Å²) in [4.78, 5) is 14.2. The average Bonchev–Trinajstić information content (AvgIpc) is 2.68. The number of aromatic nitrogens is 3. The summed E-state index contributed by atoms with van der Waals surface area (Å²) in [6.45, 7) is 0. The summed E-state index contributed by atoms with van der Waals surface area (Å²) in [5, 5.41) is 0. The zero-order chi connectivity index (χ0) is 17.9. The van der Waals surface area contributed by atoms with Crippen LogP contribution in [0.25, 0.3) is 34.2 Å². The zero-order valence-electron chi connectivity index (χ0n) is 14.8. The molecular weight excluding hydrogens is 316 g/mol. The highest BCUT2D eigenvalue weighted by atomic mass is 15.0. The fourth-order valence-corrected chi connectivity index (χ4v) is 3.04. The summed E-state index contributed by atoms with van der Waals surface area (Å²) >= 11 is 0. The van der Waals surface area contributed by atoms with Crippen LogP contribution in [0.15, 0.2) is 78.9 Å². The molecule has 4 rings (SSSR count). The monoisotopic (exact) mass is 333 g/mol. The van der Waals surface area contributed by atoms with E-state index in [2.05, 4.69) is 33.9 Å². The second-order valence-corrected chi connectivity index (χ2v) is 6.41. The predicted octanol–water partition coefficient (Wildman–Crippen LogP) is 1.39. The normalized spacial score (nSPS) is 10.6. The second-order valence-electron chi connectivity index (χ2n) is 6.41. The second kappa shape index (κ2) is 6.96. The van der Waals surface area contributed by atoms with Crippen LogP contribution in [0.2, 0.25) is 0 Å².